The van der Waals surface area contributed by atoms with Gasteiger partial charge < -0.3 is 10.6 Å². The van der Waals surface area contributed by atoms with Gasteiger partial charge in [-0.25, -0.2) is 0 Å². The molecular formula is C17H16Cl2N3O+. The van der Waals surface area contributed by atoms with Crippen molar-refractivity contribution in [1.29, 1.82) is 5.26 Å². The third-order valence-corrected chi connectivity index (χ3v) is 3.88. The van der Waals surface area contributed by atoms with E-state index in [1.165, 1.54) is 0 Å². The summed E-state index contributed by atoms with van der Waals surface area (Å²) >= 11 is 11.9. The lowest BCUT2D eigenvalue weighted by molar-refractivity contribution is -0.682. The van der Waals surface area contributed by atoms with E-state index >= 15 is 0 Å². The number of halogens is 2. The number of quaternary nitrogens is 1. The Balaban J connectivity index is 1.95. The highest BCUT2D eigenvalue weighted by atomic mass is 35.5. The zero-order valence-electron chi connectivity index (χ0n) is 12.5. The van der Waals surface area contributed by atoms with Crippen LogP contribution in [0.15, 0.2) is 42.5 Å². The minimum Gasteiger partial charge on any atom is -0.333 e. The molecule has 2 rings (SSSR count). The number of benzene rings is 2. The first-order chi connectivity index (χ1) is 11.0. The van der Waals surface area contributed by atoms with Gasteiger partial charge in [-0.1, -0.05) is 35.3 Å². The fourth-order valence-corrected chi connectivity index (χ4v) is 2.50. The molecule has 2 aromatic carbocycles. The van der Waals surface area contributed by atoms with E-state index in [0.29, 0.717) is 21.3 Å². The maximum absolute atomic E-state index is 12.1. The largest absolute Gasteiger partial charge is 0.333 e. The smallest absolute Gasteiger partial charge is 0.279 e. The van der Waals surface area contributed by atoms with E-state index in [4.69, 9.17) is 28.5 Å². The van der Waals surface area contributed by atoms with Gasteiger partial charge >= 0.3 is 0 Å². The van der Waals surface area contributed by atoms with Gasteiger partial charge in [0.15, 0.2) is 6.54 Å². The Hall–Kier alpha value is -2.06. The second kappa shape index (κ2) is 7.98. The minimum absolute atomic E-state index is 0.0919. The van der Waals surface area contributed by atoms with E-state index in [9.17, 15) is 4.79 Å². The van der Waals surface area contributed by atoms with Crippen molar-refractivity contribution in [1.82, 2.24) is 0 Å². The molecule has 6 heteroatoms. The zero-order valence-corrected chi connectivity index (χ0v) is 14.0. The number of nitrogens with one attached hydrogen (secondary N) is 1. The van der Waals surface area contributed by atoms with Crippen LogP contribution >= 0.6 is 23.2 Å². The number of anilines is 1. The number of nitrogens with two attached hydrogens (primary N) is 1. The maximum atomic E-state index is 12.1. The summed E-state index contributed by atoms with van der Waals surface area (Å²) in [6.07, 6.45) is 0. The normalized spacial score (nSPS) is 11.6. The van der Waals surface area contributed by atoms with Gasteiger partial charge in [-0.3, -0.25) is 4.79 Å². The van der Waals surface area contributed by atoms with E-state index < -0.39 is 0 Å². The van der Waals surface area contributed by atoms with E-state index in [1.54, 1.807) is 18.2 Å². The first-order valence-electron chi connectivity index (χ1n) is 7.08. The first kappa shape index (κ1) is 17.3. The zero-order chi connectivity index (χ0) is 16.8. The second-order valence-corrected chi connectivity index (χ2v) is 6.01. The molecule has 1 atom stereocenters. The summed E-state index contributed by atoms with van der Waals surface area (Å²) in [4.78, 5) is 12.1. The molecule has 0 saturated carbocycles. The highest BCUT2D eigenvalue weighted by Gasteiger charge is 2.13. The van der Waals surface area contributed by atoms with Gasteiger partial charge in [0.25, 0.3) is 5.91 Å². The van der Waals surface area contributed by atoms with Crippen LogP contribution in [-0.4, -0.2) is 12.5 Å². The monoisotopic (exact) mass is 348 g/mol. The molecule has 1 amide bonds. The molecule has 0 aromatic heterocycles. The van der Waals surface area contributed by atoms with Crippen molar-refractivity contribution < 1.29 is 10.1 Å². The van der Waals surface area contributed by atoms with Crippen LogP contribution in [0.4, 0.5) is 5.69 Å². The molecule has 0 heterocycles. The Morgan fingerprint density at radius 1 is 1.26 bits per heavy atom. The minimum atomic E-state index is -0.197. The molecule has 2 aromatic rings. The highest BCUT2D eigenvalue weighted by Crippen LogP contribution is 2.20. The average molecular weight is 349 g/mol. The number of amides is 1. The summed E-state index contributed by atoms with van der Waals surface area (Å²) in [5.41, 5.74) is 1.85. The topological polar surface area (TPSA) is 69.5 Å². The van der Waals surface area contributed by atoms with Crippen molar-refractivity contribution in [2.24, 2.45) is 0 Å². The number of carbonyl (C=O) groups is 1. The molecule has 118 valence electrons. The maximum Gasteiger partial charge on any atom is 0.279 e. The molecule has 0 aliphatic rings. The second-order valence-electron chi connectivity index (χ2n) is 5.13. The molecule has 0 spiro atoms. The Bertz CT molecular complexity index is 756. The van der Waals surface area contributed by atoms with Gasteiger partial charge in [0, 0.05) is 15.6 Å². The first-order valence-corrected chi connectivity index (χ1v) is 7.83. The lowest BCUT2D eigenvalue weighted by Crippen LogP contribution is -2.86. The molecule has 3 N–H and O–H groups in total. The third-order valence-electron chi connectivity index (χ3n) is 3.41. The Labute approximate surface area is 145 Å². The van der Waals surface area contributed by atoms with E-state index in [2.05, 4.69) is 5.32 Å². The molecule has 0 bridgehead atoms. The van der Waals surface area contributed by atoms with Crippen LogP contribution < -0.4 is 10.6 Å². The fourth-order valence-electron chi connectivity index (χ4n) is 2.13. The fraction of sp³-hybridized carbons (Fsp3) is 0.176. The predicted octanol–water partition coefficient (Wildman–Crippen LogP) is 3.13. The van der Waals surface area contributed by atoms with Gasteiger partial charge in [-0.15, -0.1) is 0 Å². The molecular weight excluding hydrogens is 333 g/mol. The van der Waals surface area contributed by atoms with Gasteiger partial charge in [-0.2, -0.15) is 5.26 Å². The molecule has 23 heavy (non-hydrogen) atoms. The van der Waals surface area contributed by atoms with Gasteiger partial charge in [0.2, 0.25) is 0 Å². The van der Waals surface area contributed by atoms with Gasteiger partial charge in [-0.05, 0) is 37.3 Å². The standard InChI is InChI=1S/C17H15Cl2N3O/c1-11(12-3-2-4-14(18)7-12)21-10-17(23)22-16-8-15(19)6-5-13(16)9-20/h2-8,11,21H,10H2,1H3,(H,22,23)/p+1/t11-/m1/s1. The molecule has 0 fully saturated rings. The summed E-state index contributed by atoms with van der Waals surface area (Å²) in [5.74, 6) is -0.197. The number of carbonyl (C=O) groups excluding carboxylic acids is 1. The predicted molar refractivity (Wildman–Crippen MR) is 91.5 cm³/mol. The molecule has 0 radical (unpaired) electrons. The SMILES string of the molecule is C[C@@H]([NH2+]CC(=O)Nc1cc(Cl)ccc1C#N)c1cccc(Cl)c1. The lowest BCUT2D eigenvalue weighted by atomic mass is 10.1. The summed E-state index contributed by atoms with van der Waals surface area (Å²) < 4.78 is 0. The van der Waals surface area contributed by atoms with E-state index in [-0.39, 0.29) is 18.5 Å². The van der Waals surface area contributed by atoms with E-state index in [0.717, 1.165) is 5.56 Å². The van der Waals surface area contributed by atoms with Crippen molar-refractivity contribution >= 4 is 34.8 Å². The number of nitrogens with zero attached hydrogens (tertiary/aromatic N) is 1. The summed E-state index contributed by atoms with van der Waals surface area (Å²) in [7, 11) is 0. The molecule has 4 nitrogen and oxygen atoms in total. The van der Waals surface area contributed by atoms with Crippen molar-refractivity contribution in [3.8, 4) is 6.07 Å². The Kier molecular flexibility index (Phi) is 6.00. The van der Waals surface area contributed by atoms with Crippen LogP contribution in [-0.2, 0) is 4.79 Å². The number of nitriles is 1. The summed E-state index contributed by atoms with van der Waals surface area (Å²) in [5, 5.41) is 14.8. The van der Waals surface area contributed by atoms with Crippen LogP contribution in [0.3, 0.4) is 0 Å². The number of rotatable bonds is 5. The van der Waals surface area contributed by atoms with Gasteiger partial charge in [0.1, 0.15) is 12.1 Å². The molecule has 0 aliphatic carbocycles. The highest BCUT2D eigenvalue weighted by molar-refractivity contribution is 6.31. The molecule has 0 saturated heterocycles. The van der Waals surface area contributed by atoms with E-state index in [1.807, 2.05) is 42.6 Å². The summed E-state index contributed by atoms with van der Waals surface area (Å²) in [6, 6.07) is 14.4. The van der Waals surface area contributed by atoms with Crippen molar-refractivity contribution in [2.75, 3.05) is 11.9 Å². The quantitative estimate of drug-likeness (QED) is 0.871. The lowest BCUT2D eigenvalue weighted by Gasteiger charge is -2.12. The van der Waals surface area contributed by atoms with Crippen LogP contribution in [0, 0.1) is 11.3 Å². The number of hydrogen-bond acceptors (Lipinski definition) is 2. The molecule has 0 aliphatic heterocycles. The van der Waals surface area contributed by atoms with Crippen molar-refractivity contribution in [2.45, 2.75) is 13.0 Å². The average Bonchev–Trinajstić information content (AvgIpc) is 2.53. The molecule has 0 unspecified atom stereocenters. The summed E-state index contributed by atoms with van der Waals surface area (Å²) in [6.45, 7) is 2.23. The van der Waals surface area contributed by atoms with Crippen LogP contribution in [0.25, 0.3) is 0 Å². The van der Waals surface area contributed by atoms with Crippen LogP contribution in [0.2, 0.25) is 10.0 Å². The Morgan fingerprint density at radius 3 is 2.70 bits per heavy atom. The Morgan fingerprint density at radius 2 is 2.00 bits per heavy atom. The van der Waals surface area contributed by atoms with Crippen LogP contribution in [0.5, 0.6) is 0 Å². The van der Waals surface area contributed by atoms with Crippen molar-refractivity contribution in [3.63, 3.8) is 0 Å². The van der Waals surface area contributed by atoms with Crippen LogP contribution in [0.1, 0.15) is 24.1 Å². The third kappa shape index (κ3) is 4.97. The number of hydrogen-bond donors (Lipinski definition) is 2. The van der Waals surface area contributed by atoms with Gasteiger partial charge in [0.05, 0.1) is 11.3 Å². The van der Waals surface area contributed by atoms with Crippen molar-refractivity contribution in [3.05, 3.63) is 63.6 Å².